The monoisotopic (exact) mass is 352 g/mol. The molecule has 0 aliphatic carbocycles. The van der Waals surface area contributed by atoms with Gasteiger partial charge in [-0.2, -0.15) is 0 Å². The van der Waals surface area contributed by atoms with E-state index in [4.69, 9.17) is 5.73 Å². The van der Waals surface area contributed by atoms with E-state index < -0.39 is 6.04 Å². The van der Waals surface area contributed by atoms with Crippen molar-refractivity contribution in [3.8, 4) is 0 Å². The number of nitrogens with one attached hydrogen (secondary N) is 1. The number of halogens is 1. The third-order valence-corrected chi connectivity index (χ3v) is 5.06. The van der Waals surface area contributed by atoms with Gasteiger partial charge in [-0.3, -0.25) is 4.79 Å². The summed E-state index contributed by atoms with van der Waals surface area (Å²) in [5.74, 6) is 0.561. The predicted octanol–water partition coefficient (Wildman–Crippen LogP) is 1.79. The molecule has 1 aromatic carbocycles. The van der Waals surface area contributed by atoms with Gasteiger partial charge in [-0.1, -0.05) is 0 Å². The van der Waals surface area contributed by atoms with Crippen LogP contribution in [0.5, 0.6) is 0 Å². The van der Waals surface area contributed by atoms with E-state index in [2.05, 4.69) is 45.1 Å². The molecule has 0 radical (unpaired) electrons. The van der Waals surface area contributed by atoms with Gasteiger partial charge in [0.05, 0.1) is 5.69 Å². The standard InChI is InChI=1S/C15H21BrN4O/c1-19-4-3-9(7-19)8-20(2)13-6-12-10(5-11(13)16)14(17)15(21)18-12/h5-6,9,14H,3-4,7-8,17H2,1-2H3,(H,18,21). The summed E-state index contributed by atoms with van der Waals surface area (Å²) in [6.07, 6.45) is 1.24. The highest BCUT2D eigenvalue weighted by molar-refractivity contribution is 9.10. The first kappa shape index (κ1) is 14.8. The Morgan fingerprint density at radius 3 is 2.95 bits per heavy atom. The average molecular weight is 353 g/mol. The summed E-state index contributed by atoms with van der Waals surface area (Å²) in [5.41, 5.74) is 8.68. The van der Waals surface area contributed by atoms with Crippen LogP contribution in [0.4, 0.5) is 11.4 Å². The molecular formula is C15H21BrN4O. The second-order valence-electron chi connectivity index (χ2n) is 6.16. The number of fused-ring (bicyclic) bond motifs is 1. The van der Waals surface area contributed by atoms with Crippen molar-refractivity contribution in [2.45, 2.75) is 12.5 Å². The van der Waals surface area contributed by atoms with Gasteiger partial charge in [0.15, 0.2) is 0 Å². The molecule has 1 fully saturated rings. The molecule has 1 amide bonds. The molecule has 21 heavy (non-hydrogen) atoms. The van der Waals surface area contributed by atoms with Gasteiger partial charge >= 0.3 is 0 Å². The average Bonchev–Trinajstić information content (AvgIpc) is 2.95. The highest BCUT2D eigenvalue weighted by Crippen LogP contribution is 2.38. The molecule has 0 saturated carbocycles. The Morgan fingerprint density at radius 1 is 1.52 bits per heavy atom. The summed E-state index contributed by atoms with van der Waals surface area (Å²) in [4.78, 5) is 16.3. The maximum atomic E-state index is 11.7. The minimum absolute atomic E-state index is 0.130. The van der Waals surface area contributed by atoms with Crippen molar-refractivity contribution >= 4 is 33.2 Å². The molecule has 0 bridgehead atoms. The predicted molar refractivity (Wildman–Crippen MR) is 88.6 cm³/mol. The van der Waals surface area contributed by atoms with Crippen molar-refractivity contribution < 1.29 is 4.79 Å². The van der Waals surface area contributed by atoms with E-state index in [-0.39, 0.29) is 5.91 Å². The van der Waals surface area contributed by atoms with Crippen LogP contribution in [-0.4, -0.2) is 44.5 Å². The minimum atomic E-state index is -0.556. The van der Waals surface area contributed by atoms with Crippen molar-refractivity contribution in [3.63, 3.8) is 0 Å². The fraction of sp³-hybridized carbons (Fsp3) is 0.533. The zero-order valence-corrected chi connectivity index (χ0v) is 14.0. The second-order valence-corrected chi connectivity index (χ2v) is 7.01. The Labute approximate surface area is 133 Å². The number of nitrogens with two attached hydrogens (primary N) is 1. The van der Waals surface area contributed by atoms with Crippen LogP contribution in [0.1, 0.15) is 18.0 Å². The largest absolute Gasteiger partial charge is 0.373 e. The van der Waals surface area contributed by atoms with E-state index in [0.717, 1.165) is 34.5 Å². The molecule has 1 aromatic rings. The summed E-state index contributed by atoms with van der Waals surface area (Å²) in [7, 11) is 4.27. The molecule has 2 aliphatic rings. The molecule has 1 saturated heterocycles. The van der Waals surface area contributed by atoms with Crippen molar-refractivity contribution in [3.05, 3.63) is 22.2 Å². The van der Waals surface area contributed by atoms with Gasteiger partial charge in [0.25, 0.3) is 0 Å². The number of benzene rings is 1. The molecule has 114 valence electrons. The summed E-state index contributed by atoms with van der Waals surface area (Å²) < 4.78 is 0.988. The van der Waals surface area contributed by atoms with E-state index >= 15 is 0 Å². The molecule has 3 N–H and O–H groups in total. The quantitative estimate of drug-likeness (QED) is 0.870. The first-order valence-electron chi connectivity index (χ1n) is 7.25. The lowest BCUT2D eigenvalue weighted by Crippen LogP contribution is -2.27. The van der Waals surface area contributed by atoms with E-state index in [1.54, 1.807) is 0 Å². The van der Waals surface area contributed by atoms with E-state index in [1.165, 1.54) is 13.0 Å². The maximum Gasteiger partial charge on any atom is 0.245 e. The molecule has 3 rings (SSSR count). The van der Waals surface area contributed by atoms with Crippen LogP contribution in [0.25, 0.3) is 0 Å². The number of carbonyl (C=O) groups is 1. The Hall–Kier alpha value is -1.11. The smallest absolute Gasteiger partial charge is 0.245 e. The third kappa shape index (κ3) is 2.80. The SMILES string of the molecule is CN1CCC(CN(C)c2cc3c(cc2Br)C(N)C(=O)N3)C1. The molecule has 2 heterocycles. The highest BCUT2D eigenvalue weighted by Gasteiger charge is 2.29. The number of hydrogen-bond acceptors (Lipinski definition) is 4. The minimum Gasteiger partial charge on any atom is -0.373 e. The van der Waals surface area contributed by atoms with Crippen LogP contribution < -0.4 is 16.0 Å². The number of rotatable bonds is 3. The number of likely N-dealkylation sites (tertiary alicyclic amines) is 1. The van der Waals surface area contributed by atoms with Crippen molar-refractivity contribution in [2.75, 3.05) is 43.9 Å². The number of carbonyl (C=O) groups excluding carboxylic acids is 1. The Bertz CT molecular complexity index is 577. The van der Waals surface area contributed by atoms with Crippen LogP contribution in [0.3, 0.4) is 0 Å². The fourth-order valence-electron chi connectivity index (χ4n) is 3.25. The van der Waals surface area contributed by atoms with Gasteiger partial charge in [0.1, 0.15) is 6.04 Å². The Kier molecular flexibility index (Phi) is 3.94. The Balaban J connectivity index is 1.79. The van der Waals surface area contributed by atoms with Gasteiger partial charge in [-0.05, 0) is 54.0 Å². The van der Waals surface area contributed by atoms with Crippen molar-refractivity contribution in [1.82, 2.24) is 4.90 Å². The molecule has 2 unspecified atom stereocenters. The van der Waals surface area contributed by atoms with Gasteiger partial charge in [0, 0.05) is 35.9 Å². The van der Waals surface area contributed by atoms with Crippen LogP contribution in [-0.2, 0) is 4.79 Å². The molecule has 0 aromatic heterocycles. The molecule has 6 heteroatoms. The number of anilines is 2. The van der Waals surface area contributed by atoms with Gasteiger partial charge in [-0.15, -0.1) is 0 Å². The highest BCUT2D eigenvalue weighted by atomic mass is 79.9. The van der Waals surface area contributed by atoms with Crippen LogP contribution in [0.15, 0.2) is 16.6 Å². The summed E-state index contributed by atoms with van der Waals surface area (Å²) >= 11 is 3.61. The zero-order chi connectivity index (χ0) is 15.1. The van der Waals surface area contributed by atoms with Gasteiger partial charge < -0.3 is 20.9 Å². The normalized spacial score (nSPS) is 25.0. The number of nitrogens with zero attached hydrogens (tertiary/aromatic N) is 2. The fourth-order valence-corrected chi connectivity index (χ4v) is 3.91. The van der Waals surface area contributed by atoms with E-state index in [9.17, 15) is 4.79 Å². The second kappa shape index (κ2) is 5.59. The van der Waals surface area contributed by atoms with Gasteiger partial charge in [0.2, 0.25) is 5.91 Å². The van der Waals surface area contributed by atoms with Crippen molar-refractivity contribution in [1.29, 1.82) is 0 Å². The van der Waals surface area contributed by atoms with E-state index in [1.807, 2.05) is 12.1 Å². The first-order valence-corrected chi connectivity index (χ1v) is 8.04. The van der Waals surface area contributed by atoms with Crippen LogP contribution >= 0.6 is 15.9 Å². The lowest BCUT2D eigenvalue weighted by atomic mass is 10.1. The molecule has 2 aliphatic heterocycles. The summed E-state index contributed by atoms with van der Waals surface area (Å²) in [5, 5.41) is 2.85. The summed E-state index contributed by atoms with van der Waals surface area (Å²) in [6, 6.07) is 3.42. The first-order chi connectivity index (χ1) is 9.95. The molecule has 2 atom stereocenters. The maximum absolute atomic E-state index is 11.7. The van der Waals surface area contributed by atoms with Crippen molar-refractivity contribution in [2.24, 2.45) is 11.7 Å². The molecule has 5 nitrogen and oxygen atoms in total. The molecular weight excluding hydrogens is 332 g/mol. The third-order valence-electron chi connectivity index (χ3n) is 4.43. The zero-order valence-electron chi connectivity index (χ0n) is 12.4. The number of hydrogen-bond donors (Lipinski definition) is 2. The number of amides is 1. The van der Waals surface area contributed by atoms with Gasteiger partial charge in [-0.25, -0.2) is 0 Å². The van der Waals surface area contributed by atoms with Crippen LogP contribution in [0, 0.1) is 5.92 Å². The topological polar surface area (TPSA) is 61.6 Å². The van der Waals surface area contributed by atoms with E-state index in [0.29, 0.717) is 5.92 Å². The molecule has 0 spiro atoms. The van der Waals surface area contributed by atoms with Crippen LogP contribution in [0.2, 0.25) is 0 Å². The summed E-state index contributed by atoms with van der Waals surface area (Å²) in [6.45, 7) is 3.34. The lowest BCUT2D eigenvalue weighted by Gasteiger charge is -2.25. The Morgan fingerprint density at radius 2 is 2.29 bits per heavy atom. The lowest BCUT2D eigenvalue weighted by molar-refractivity contribution is -0.116.